The van der Waals surface area contributed by atoms with Gasteiger partial charge in [-0.25, -0.2) is 9.97 Å². The zero-order chi connectivity index (χ0) is 23.8. The number of carbonyl (C=O) groups excluding carboxylic acids is 1. The van der Waals surface area contributed by atoms with Crippen LogP contribution in [0.5, 0.6) is 5.75 Å². The number of aliphatic hydroxyl groups is 1. The van der Waals surface area contributed by atoms with Gasteiger partial charge in [0.1, 0.15) is 35.1 Å². The maximum Gasteiger partial charge on any atom is 0.573 e. The van der Waals surface area contributed by atoms with Crippen LogP contribution < -0.4 is 10.1 Å². The standard InChI is InChI=1S/C20H18F3N5O4S/c1-28-8-12(7-24-28)18-25-14(11-2-4-13(5-3-11)32-20(21,22)23)6-15(26-18)19(30)27-16-9-33(31)10-17(16)29/h2-8,16-17,29H,9-10H2,1H3,(H,27,30)/t16-,17-,33?/m0/s1. The topological polar surface area (TPSA) is 125 Å². The number of hydrogen-bond acceptors (Lipinski definition) is 7. The lowest BCUT2D eigenvalue weighted by Gasteiger charge is -2.14. The van der Waals surface area contributed by atoms with Crippen molar-refractivity contribution in [3.63, 3.8) is 0 Å². The molecule has 3 aromatic rings. The van der Waals surface area contributed by atoms with Crippen molar-refractivity contribution in [1.29, 1.82) is 0 Å². The average Bonchev–Trinajstić information content (AvgIpc) is 3.31. The van der Waals surface area contributed by atoms with Crippen molar-refractivity contribution >= 4 is 17.1 Å². The van der Waals surface area contributed by atoms with Gasteiger partial charge in [0, 0.05) is 18.8 Å². The Labute approximate surface area is 188 Å². The minimum absolute atomic E-state index is 0.0284. The highest BCUT2D eigenvalue weighted by atomic mass is 32.2. The second-order valence-corrected chi connectivity index (χ2v) is 8.90. The Morgan fingerprint density at radius 1 is 1.24 bits per heavy atom. The van der Waals surface area contributed by atoms with Crippen LogP contribution in [0.25, 0.3) is 22.6 Å². The first-order valence-corrected chi connectivity index (χ1v) is 11.1. The third-order valence-corrected chi connectivity index (χ3v) is 6.25. The number of alkyl halides is 3. The van der Waals surface area contributed by atoms with E-state index in [0.29, 0.717) is 11.1 Å². The first-order chi connectivity index (χ1) is 15.6. The fraction of sp³-hybridized carbons (Fsp3) is 0.300. The number of halogens is 3. The molecule has 1 aromatic carbocycles. The van der Waals surface area contributed by atoms with Gasteiger partial charge in [-0.15, -0.1) is 13.2 Å². The summed E-state index contributed by atoms with van der Waals surface area (Å²) in [6.07, 6.45) is -2.60. The van der Waals surface area contributed by atoms with E-state index in [0.717, 1.165) is 12.1 Å². The van der Waals surface area contributed by atoms with Crippen LogP contribution >= 0.6 is 0 Å². The monoisotopic (exact) mass is 481 g/mol. The van der Waals surface area contributed by atoms with Gasteiger partial charge in [-0.05, 0) is 41.5 Å². The highest BCUT2D eigenvalue weighted by molar-refractivity contribution is 7.91. The number of ether oxygens (including phenoxy) is 1. The van der Waals surface area contributed by atoms with Gasteiger partial charge in [0.2, 0.25) is 0 Å². The summed E-state index contributed by atoms with van der Waals surface area (Å²) in [5, 5.41) is 16.7. The lowest BCUT2D eigenvalue weighted by atomic mass is 10.1. The van der Waals surface area contributed by atoms with Crippen LogP contribution in [0.1, 0.15) is 10.5 Å². The number of nitrogens with zero attached hydrogens (tertiary/aromatic N) is 4. The molecule has 13 heteroatoms. The summed E-state index contributed by atoms with van der Waals surface area (Å²) in [6, 6.07) is 5.73. The molecule has 0 spiro atoms. The molecule has 1 aliphatic rings. The number of aromatic nitrogens is 4. The van der Waals surface area contributed by atoms with Crippen LogP contribution in [0.4, 0.5) is 13.2 Å². The van der Waals surface area contributed by atoms with Crippen LogP contribution in [0, 0.1) is 0 Å². The molecule has 1 aliphatic heterocycles. The van der Waals surface area contributed by atoms with E-state index < -0.39 is 41.3 Å². The summed E-state index contributed by atoms with van der Waals surface area (Å²) in [7, 11) is 1.70. The van der Waals surface area contributed by atoms with Gasteiger partial charge in [-0.3, -0.25) is 9.48 Å². The zero-order valence-electron chi connectivity index (χ0n) is 17.1. The fourth-order valence-electron chi connectivity index (χ4n) is 3.27. The Hall–Kier alpha value is -3.16. The minimum atomic E-state index is -4.82. The van der Waals surface area contributed by atoms with Crippen LogP contribution in [0.15, 0.2) is 42.7 Å². The number of rotatable bonds is 5. The molecule has 2 N–H and O–H groups in total. The van der Waals surface area contributed by atoms with Crippen LogP contribution in [-0.2, 0) is 18.2 Å². The smallest absolute Gasteiger partial charge is 0.573 e. The Morgan fingerprint density at radius 3 is 2.55 bits per heavy atom. The lowest BCUT2D eigenvalue weighted by Crippen LogP contribution is -2.42. The van der Waals surface area contributed by atoms with E-state index in [1.165, 1.54) is 29.1 Å². The van der Waals surface area contributed by atoms with Crippen molar-refractivity contribution in [2.24, 2.45) is 7.05 Å². The number of aliphatic hydroxyl groups excluding tert-OH is 1. The summed E-state index contributed by atoms with van der Waals surface area (Å²) in [4.78, 5) is 21.6. The quantitative estimate of drug-likeness (QED) is 0.531. The molecule has 1 amide bonds. The molecule has 3 atom stereocenters. The number of nitrogens with one attached hydrogen (secondary N) is 1. The van der Waals surface area contributed by atoms with Gasteiger partial charge < -0.3 is 19.7 Å². The zero-order valence-corrected chi connectivity index (χ0v) is 17.9. The molecule has 1 saturated heterocycles. The van der Waals surface area contributed by atoms with Crippen LogP contribution in [-0.4, -0.2) is 65.3 Å². The average molecular weight is 481 g/mol. The minimum Gasteiger partial charge on any atom is -0.616 e. The molecule has 9 nitrogen and oxygen atoms in total. The van der Waals surface area contributed by atoms with E-state index in [1.807, 2.05) is 0 Å². The number of carbonyl (C=O) groups is 1. The van der Waals surface area contributed by atoms with Crippen molar-refractivity contribution < 1.29 is 32.4 Å². The van der Waals surface area contributed by atoms with E-state index in [1.54, 1.807) is 13.2 Å². The number of hydrogen-bond donors (Lipinski definition) is 2. The molecular weight excluding hydrogens is 463 g/mol. The predicted molar refractivity (Wildman–Crippen MR) is 111 cm³/mol. The van der Waals surface area contributed by atoms with Gasteiger partial charge in [-0.2, -0.15) is 5.10 Å². The largest absolute Gasteiger partial charge is 0.616 e. The Kier molecular flexibility index (Phi) is 6.28. The summed E-state index contributed by atoms with van der Waals surface area (Å²) >= 11 is -1.23. The first kappa shape index (κ1) is 23.0. The Balaban J connectivity index is 1.67. The molecule has 0 bridgehead atoms. The van der Waals surface area contributed by atoms with Gasteiger partial charge in [0.25, 0.3) is 5.91 Å². The van der Waals surface area contributed by atoms with Crippen molar-refractivity contribution in [2.45, 2.75) is 18.5 Å². The van der Waals surface area contributed by atoms with E-state index in [2.05, 4.69) is 25.1 Å². The number of amides is 1. The van der Waals surface area contributed by atoms with Crippen LogP contribution in [0.2, 0.25) is 0 Å². The molecule has 3 heterocycles. The summed E-state index contributed by atoms with van der Waals surface area (Å²) < 4.78 is 54.4. The summed E-state index contributed by atoms with van der Waals surface area (Å²) in [5.41, 5.74) is 1.20. The second-order valence-electron chi connectivity index (χ2n) is 7.36. The van der Waals surface area contributed by atoms with E-state index in [4.69, 9.17) is 0 Å². The molecule has 33 heavy (non-hydrogen) atoms. The Bertz CT molecular complexity index is 1160. The third kappa shape index (κ3) is 5.61. The SMILES string of the molecule is Cn1cc(-c2nc(C(=O)N[C@H]3C[S+]([O-])C[C@@H]3O)cc(-c3ccc(OC(F)(F)F)cc3)n2)cn1. The van der Waals surface area contributed by atoms with E-state index in [9.17, 15) is 27.6 Å². The second kappa shape index (κ2) is 9.00. The lowest BCUT2D eigenvalue weighted by molar-refractivity contribution is -0.274. The first-order valence-electron chi connectivity index (χ1n) is 9.65. The predicted octanol–water partition coefficient (Wildman–Crippen LogP) is 1.66. The van der Waals surface area contributed by atoms with Crippen molar-refractivity contribution in [3.05, 3.63) is 48.4 Å². The molecule has 4 rings (SSSR count). The fourth-order valence-corrected chi connectivity index (χ4v) is 4.73. The molecular formula is C20H18F3N5O4S. The molecule has 0 aliphatic carbocycles. The van der Waals surface area contributed by atoms with E-state index in [-0.39, 0.29) is 28.7 Å². The molecule has 0 saturated carbocycles. The van der Waals surface area contributed by atoms with Crippen molar-refractivity contribution in [2.75, 3.05) is 11.5 Å². The van der Waals surface area contributed by atoms with Gasteiger partial charge in [0.15, 0.2) is 5.82 Å². The molecule has 2 aromatic heterocycles. The summed E-state index contributed by atoms with van der Waals surface area (Å²) in [6.45, 7) is 0. The molecule has 1 unspecified atom stereocenters. The van der Waals surface area contributed by atoms with Crippen molar-refractivity contribution in [1.82, 2.24) is 25.1 Å². The highest BCUT2D eigenvalue weighted by Gasteiger charge is 2.37. The van der Waals surface area contributed by atoms with E-state index >= 15 is 0 Å². The summed E-state index contributed by atoms with van der Waals surface area (Å²) in [5.74, 6) is -0.622. The maximum absolute atomic E-state index is 12.9. The molecule has 1 fully saturated rings. The number of benzene rings is 1. The van der Waals surface area contributed by atoms with Gasteiger partial charge in [0.05, 0.1) is 17.5 Å². The van der Waals surface area contributed by atoms with Gasteiger partial charge in [-0.1, -0.05) is 0 Å². The van der Waals surface area contributed by atoms with Crippen LogP contribution in [0.3, 0.4) is 0 Å². The normalized spacial score (nSPS) is 20.6. The third-order valence-electron chi connectivity index (χ3n) is 4.81. The molecule has 0 radical (unpaired) electrons. The molecule has 174 valence electrons. The van der Waals surface area contributed by atoms with Crippen molar-refractivity contribution in [3.8, 4) is 28.4 Å². The number of aryl methyl sites for hydroxylation is 1. The highest BCUT2D eigenvalue weighted by Crippen LogP contribution is 2.27. The Morgan fingerprint density at radius 2 is 1.97 bits per heavy atom. The van der Waals surface area contributed by atoms with Gasteiger partial charge >= 0.3 is 6.36 Å². The maximum atomic E-state index is 12.9.